The average molecular weight is 496 g/mol. The van der Waals surface area contributed by atoms with Crippen molar-refractivity contribution in [3.8, 4) is 5.75 Å². The fourth-order valence-corrected chi connectivity index (χ4v) is 5.12. The maximum atomic E-state index is 5.99. The van der Waals surface area contributed by atoms with Crippen LogP contribution >= 0.6 is 0 Å². The van der Waals surface area contributed by atoms with Gasteiger partial charge < -0.3 is 20.3 Å². The minimum Gasteiger partial charge on any atom is -0.489 e. The third-order valence-corrected chi connectivity index (χ3v) is 7.19. The van der Waals surface area contributed by atoms with E-state index in [-0.39, 0.29) is 0 Å². The molecule has 0 unspecified atom stereocenters. The van der Waals surface area contributed by atoms with E-state index >= 15 is 0 Å². The zero-order valence-corrected chi connectivity index (χ0v) is 21.9. The third kappa shape index (κ3) is 6.57. The van der Waals surface area contributed by atoms with Crippen molar-refractivity contribution in [3.63, 3.8) is 0 Å². The van der Waals surface area contributed by atoms with Crippen LogP contribution in [0.25, 0.3) is 10.9 Å². The Morgan fingerprint density at radius 1 is 0.811 bits per heavy atom. The summed E-state index contributed by atoms with van der Waals surface area (Å²) in [5.41, 5.74) is 3.52. The van der Waals surface area contributed by atoms with Crippen LogP contribution in [0.5, 0.6) is 5.75 Å². The van der Waals surface area contributed by atoms with Gasteiger partial charge in [0, 0.05) is 32.1 Å². The molecule has 0 bridgehead atoms. The van der Waals surface area contributed by atoms with Crippen LogP contribution in [0, 0.1) is 5.92 Å². The van der Waals surface area contributed by atoms with Crippen molar-refractivity contribution >= 4 is 22.7 Å². The van der Waals surface area contributed by atoms with Crippen LogP contribution < -0.4 is 20.3 Å². The van der Waals surface area contributed by atoms with E-state index in [1.165, 1.54) is 24.0 Å². The summed E-state index contributed by atoms with van der Waals surface area (Å²) < 4.78 is 5.99. The molecule has 0 saturated heterocycles. The summed E-state index contributed by atoms with van der Waals surface area (Å²) in [6.45, 7) is 2.49. The molecule has 0 aliphatic heterocycles. The molecule has 5 rings (SSSR count). The number of nitrogens with one attached hydrogen (secondary N) is 2. The molecule has 0 spiro atoms. The monoisotopic (exact) mass is 495 g/mol. The highest BCUT2D eigenvalue weighted by Gasteiger charge is 2.22. The van der Waals surface area contributed by atoms with E-state index in [1.807, 2.05) is 56.6 Å². The van der Waals surface area contributed by atoms with Gasteiger partial charge in [-0.05, 0) is 73.5 Å². The van der Waals surface area contributed by atoms with Crippen LogP contribution in [0.1, 0.15) is 36.8 Å². The SMILES string of the molecule is CN(C)c1nc(NC2CCC(CNCc3ccccc3COc3ccccc3)CC2)nc2ccccc12. The molecule has 0 atom stereocenters. The van der Waals surface area contributed by atoms with E-state index in [9.17, 15) is 0 Å². The number of para-hydroxylation sites is 2. The lowest BCUT2D eigenvalue weighted by atomic mass is 9.86. The van der Waals surface area contributed by atoms with Crippen LogP contribution in [0.4, 0.5) is 11.8 Å². The van der Waals surface area contributed by atoms with Crippen LogP contribution in [0.3, 0.4) is 0 Å². The fourth-order valence-electron chi connectivity index (χ4n) is 5.12. The van der Waals surface area contributed by atoms with Gasteiger partial charge in [-0.3, -0.25) is 0 Å². The first kappa shape index (κ1) is 25.0. The minimum atomic E-state index is 0.420. The summed E-state index contributed by atoms with van der Waals surface area (Å²) in [4.78, 5) is 11.7. The standard InChI is InChI=1S/C31H37N5O/c1-36(2)30-28-14-8-9-15-29(28)34-31(35-30)33-26-18-16-23(17-19-26)20-32-21-24-10-6-7-11-25(24)22-37-27-12-4-3-5-13-27/h3-15,23,26,32H,16-22H2,1-2H3,(H,33,34,35). The van der Waals surface area contributed by atoms with Gasteiger partial charge in [-0.25, -0.2) is 4.98 Å². The van der Waals surface area contributed by atoms with E-state index in [1.54, 1.807) is 0 Å². The molecule has 0 amide bonds. The smallest absolute Gasteiger partial charge is 0.225 e. The first-order valence-electron chi connectivity index (χ1n) is 13.3. The van der Waals surface area contributed by atoms with Crippen LogP contribution in [-0.2, 0) is 13.2 Å². The van der Waals surface area contributed by atoms with Gasteiger partial charge in [-0.15, -0.1) is 0 Å². The van der Waals surface area contributed by atoms with Crippen molar-refractivity contribution < 1.29 is 4.74 Å². The van der Waals surface area contributed by atoms with E-state index < -0.39 is 0 Å². The molecule has 4 aromatic rings. The maximum absolute atomic E-state index is 5.99. The van der Waals surface area contributed by atoms with E-state index in [0.29, 0.717) is 18.6 Å². The Balaban J connectivity index is 1.10. The molecule has 1 saturated carbocycles. The molecule has 6 nitrogen and oxygen atoms in total. The summed E-state index contributed by atoms with van der Waals surface area (Å²) in [6.07, 6.45) is 4.69. The lowest BCUT2D eigenvalue weighted by Gasteiger charge is -2.29. The third-order valence-electron chi connectivity index (χ3n) is 7.19. The highest BCUT2D eigenvalue weighted by atomic mass is 16.5. The molecule has 37 heavy (non-hydrogen) atoms. The van der Waals surface area contributed by atoms with E-state index in [0.717, 1.165) is 54.3 Å². The molecule has 1 aliphatic rings. The molecule has 1 fully saturated rings. The first-order valence-corrected chi connectivity index (χ1v) is 13.3. The molecule has 3 aromatic carbocycles. The van der Waals surface area contributed by atoms with Crippen LogP contribution in [0.15, 0.2) is 78.9 Å². The first-order chi connectivity index (χ1) is 18.2. The number of nitrogens with zero attached hydrogens (tertiary/aromatic N) is 3. The van der Waals surface area contributed by atoms with Crippen molar-refractivity contribution in [1.82, 2.24) is 15.3 Å². The van der Waals surface area contributed by atoms with Gasteiger partial charge >= 0.3 is 0 Å². The second-order valence-electron chi connectivity index (χ2n) is 10.1. The number of benzene rings is 3. The summed E-state index contributed by atoms with van der Waals surface area (Å²) in [5, 5.41) is 8.42. The molecule has 1 aliphatic carbocycles. The van der Waals surface area contributed by atoms with Crippen LogP contribution in [0.2, 0.25) is 0 Å². The molecular weight excluding hydrogens is 458 g/mol. The van der Waals surface area contributed by atoms with Crippen molar-refractivity contribution in [1.29, 1.82) is 0 Å². The minimum absolute atomic E-state index is 0.420. The quantitative estimate of drug-likeness (QED) is 0.280. The number of fused-ring (bicyclic) bond motifs is 1. The van der Waals surface area contributed by atoms with Crippen molar-refractivity contribution in [2.45, 2.75) is 44.9 Å². The summed E-state index contributed by atoms with van der Waals surface area (Å²) in [7, 11) is 4.07. The molecule has 2 N–H and O–H groups in total. The van der Waals surface area contributed by atoms with Gasteiger partial charge in [0.2, 0.25) is 5.95 Å². The average Bonchev–Trinajstić information content (AvgIpc) is 2.93. The molecule has 1 aromatic heterocycles. The van der Waals surface area contributed by atoms with Crippen molar-refractivity contribution in [2.75, 3.05) is 30.9 Å². The second-order valence-corrected chi connectivity index (χ2v) is 10.1. The van der Waals surface area contributed by atoms with Crippen LogP contribution in [-0.4, -0.2) is 36.6 Å². The number of anilines is 2. The normalized spacial score (nSPS) is 17.5. The molecule has 6 heteroatoms. The number of rotatable bonds is 10. The van der Waals surface area contributed by atoms with Gasteiger partial charge in [-0.2, -0.15) is 4.98 Å². The van der Waals surface area contributed by atoms with Gasteiger partial charge in [0.15, 0.2) is 0 Å². The Bertz CT molecular complexity index is 1290. The Morgan fingerprint density at radius 3 is 2.30 bits per heavy atom. The predicted octanol–water partition coefficient (Wildman–Crippen LogP) is 6.04. The fraction of sp³-hybridized carbons (Fsp3) is 0.355. The Labute approximate surface area is 220 Å². The number of aromatic nitrogens is 2. The lowest BCUT2D eigenvalue weighted by molar-refractivity contribution is 0.303. The maximum Gasteiger partial charge on any atom is 0.225 e. The topological polar surface area (TPSA) is 62.3 Å². The second kappa shape index (κ2) is 12.1. The lowest BCUT2D eigenvalue weighted by Crippen LogP contribution is -2.31. The number of hydrogen-bond donors (Lipinski definition) is 2. The zero-order chi connectivity index (χ0) is 25.5. The highest BCUT2D eigenvalue weighted by Crippen LogP contribution is 2.28. The molecular formula is C31H37N5O. The van der Waals surface area contributed by atoms with Gasteiger partial charge in [0.25, 0.3) is 0 Å². The predicted molar refractivity (Wildman–Crippen MR) is 152 cm³/mol. The Hall–Kier alpha value is -3.64. The van der Waals surface area contributed by atoms with E-state index in [4.69, 9.17) is 14.7 Å². The number of ether oxygens (including phenoxy) is 1. The highest BCUT2D eigenvalue weighted by molar-refractivity contribution is 5.90. The zero-order valence-electron chi connectivity index (χ0n) is 21.9. The number of hydrogen-bond acceptors (Lipinski definition) is 6. The largest absolute Gasteiger partial charge is 0.489 e. The van der Waals surface area contributed by atoms with Crippen molar-refractivity contribution in [3.05, 3.63) is 90.0 Å². The molecule has 1 heterocycles. The summed E-state index contributed by atoms with van der Waals surface area (Å²) >= 11 is 0. The molecule has 192 valence electrons. The van der Waals surface area contributed by atoms with Gasteiger partial charge in [0.1, 0.15) is 18.2 Å². The van der Waals surface area contributed by atoms with E-state index in [2.05, 4.69) is 51.9 Å². The summed E-state index contributed by atoms with van der Waals surface area (Å²) in [6, 6.07) is 27.2. The molecule has 0 radical (unpaired) electrons. The van der Waals surface area contributed by atoms with Crippen molar-refractivity contribution in [2.24, 2.45) is 5.92 Å². The van der Waals surface area contributed by atoms with Gasteiger partial charge in [-0.1, -0.05) is 54.6 Å². The summed E-state index contributed by atoms with van der Waals surface area (Å²) in [5.74, 6) is 3.29. The van der Waals surface area contributed by atoms with Gasteiger partial charge in [0.05, 0.1) is 5.52 Å². The Morgan fingerprint density at radius 2 is 1.51 bits per heavy atom. The Kier molecular flexibility index (Phi) is 8.16.